The minimum atomic E-state index is -1.24. The zero-order valence-electron chi connectivity index (χ0n) is 9.83. The number of nitrogens with two attached hydrogens (primary N) is 1. The summed E-state index contributed by atoms with van der Waals surface area (Å²) in [7, 11) is 0. The number of aliphatic imine (C=N–C) groups is 1. The first-order valence-corrected chi connectivity index (χ1v) is 5.51. The fourth-order valence-electron chi connectivity index (χ4n) is 1.97. The Morgan fingerprint density at radius 3 is 2.22 bits per heavy atom. The Kier molecular flexibility index (Phi) is 7.11. The topological polar surface area (TPSA) is 125 Å². The summed E-state index contributed by atoms with van der Waals surface area (Å²) < 4.78 is 0. The molecule has 0 aromatic heterocycles. The van der Waals surface area contributed by atoms with Crippen LogP contribution in [0.4, 0.5) is 4.79 Å². The lowest BCUT2D eigenvalue weighted by Gasteiger charge is -2.24. The second-order valence-electron chi connectivity index (χ2n) is 4.21. The van der Waals surface area contributed by atoms with Gasteiger partial charge in [-0.1, -0.05) is 0 Å². The smallest absolute Gasteiger partial charge is 0.411 e. The van der Waals surface area contributed by atoms with E-state index in [4.69, 9.17) is 15.9 Å². The van der Waals surface area contributed by atoms with Gasteiger partial charge in [-0.3, -0.25) is 15.1 Å². The largest absolute Gasteiger partial charge is 0.481 e. The summed E-state index contributed by atoms with van der Waals surface area (Å²) in [5.41, 5.74) is 5.33. The van der Waals surface area contributed by atoms with Crippen molar-refractivity contribution in [3.05, 3.63) is 0 Å². The predicted octanol–water partition coefficient (Wildman–Crippen LogP) is 0.881. The molecule has 0 spiro atoms. The van der Waals surface area contributed by atoms with Gasteiger partial charge < -0.3 is 15.9 Å². The molecule has 0 saturated heterocycles. The van der Waals surface area contributed by atoms with Crippen LogP contribution in [0.25, 0.3) is 0 Å². The summed E-state index contributed by atoms with van der Waals surface area (Å²) in [6.07, 6.45) is 1.66. The van der Waals surface area contributed by atoms with E-state index in [9.17, 15) is 9.59 Å². The Bertz CT molecular complexity index is 327. The molecular weight excluding hydrogens is 262 g/mol. The number of amides is 1. The van der Waals surface area contributed by atoms with E-state index in [1.165, 1.54) is 0 Å². The zero-order valence-corrected chi connectivity index (χ0v) is 10.7. The van der Waals surface area contributed by atoms with E-state index in [2.05, 4.69) is 4.99 Å². The van der Waals surface area contributed by atoms with Crippen molar-refractivity contribution in [1.82, 2.24) is 5.32 Å². The first-order chi connectivity index (χ1) is 7.99. The summed E-state index contributed by atoms with van der Waals surface area (Å²) in [5.74, 6) is -0.804. The fourth-order valence-corrected chi connectivity index (χ4v) is 1.97. The summed E-state index contributed by atoms with van der Waals surface area (Å²) in [6.45, 7) is 0.443. The third-order valence-corrected chi connectivity index (χ3v) is 2.95. The van der Waals surface area contributed by atoms with Crippen LogP contribution in [0.5, 0.6) is 0 Å². The number of nitrogens with zero attached hydrogens (tertiary/aromatic N) is 1. The first-order valence-electron chi connectivity index (χ1n) is 5.51. The molecule has 0 aliphatic heterocycles. The number of halogens is 1. The van der Waals surface area contributed by atoms with Crippen LogP contribution in [0.2, 0.25) is 0 Å². The van der Waals surface area contributed by atoms with Crippen molar-refractivity contribution in [1.29, 1.82) is 0 Å². The maximum absolute atomic E-state index is 10.7. The van der Waals surface area contributed by atoms with E-state index in [0.717, 1.165) is 12.8 Å². The molecule has 1 fully saturated rings. The Hall–Kier alpha value is -1.50. The highest BCUT2D eigenvalue weighted by Crippen LogP contribution is 2.28. The maximum Gasteiger partial charge on any atom is 0.411 e. The van der Waals surface area contributed by atoms with E-state index >= 15 is 0 Å². The molecule has 0 atom stereocenters. The lowest BCUT2D eigenvalue weighted by Crippen LogP contribution is -2.36. The highest BCUT2D eigenvalue weighted by atomic mass is 35.5. The first kappa shape index (κ1) is 16.5. The third kappa shape index (κ3) is 5.72. The van der Waals surface area contributed by atoms with Crippen LogP contribution in [0.1, 0.15) is 25.7 Å². The average molecular weight is 280 g/mol. The maximum atomic E-state index is 10.7. The molecule has 0 aromatic rings. The van der Waals surface area contributed by atoms with Crippen molar-refractivity contribution < 1.29 is 19.8 Å². The number of hydrogen-bond acceptors (Lipinski definition) is 3. The minimum absolute atomic E-state index is 0. The number of carbonyl (C=O) groups is 2. The standard InChI is InChI=1S/C10H17N3O4.ClH/c11-9(13-10(16)17)12-5-6-1-3-7(4-2-6)8(14)15;/h6-7H,1-5H2,(H,14,15)(H,16,17)(H3,11,12,13);1H. The number of guanidine groups is 1. The van der Waals surface area contributed by atoms with Gasteiger partial charge >= 0.3 is 12.1 Å². The molecule has 8 heteroatoms. The molecule has 5 N–H and O–H groups in total. The number of nitrogens with one attached hydrogen (secondary N) is 1. The zero-order chi connectivity index (χ0) is 12.8. The summed E-state index contributed by atoms with van der Waals surface area (Å²) >= 11 is 0. The van der Waals surface area contributed by atoms with E-state index < -0.39 is 12.1 Å². The Morgan fingerprint density at radius 2 is 1.78 bits per heavy atom. The van der Waals surface area contributed by atoms with Gasteiger partial charge in [0.05, 0.1) is 5.92 Å². The van der Waals surface area contributed by atoms with Gasteiger partial charge in [0.15, 0.2) is 5.96 Å². The van der Waals surface area contributed by atoms with Crippen LogP contribution < -0.4 is 11.1 Å². The Balaban J connectivity index is 0.00000289. The monoisotopic (exact) mass is 279 g/mol. The van der Waals surface area contributed by atoms with Gasteiger partial charge in [-0.15, -0.1) is 12.4 Å². The normalized spacial score (nSPS) is 23.9. The van der Waals surface area contributed by atoms with Crippen molar-refractivity contribution in [2.45, 2.75) is 25.7 Å². The van der Waals surface area contributed by atoms with Crippen molar-refractivity contribution in [2.24, 2.45) is 22.6 Å². The molecule has 18 heavy (non-hydrogen) atoms. The van der Waals surface area contributed by atoms with Crippen molar-refractivity contribution in [3.8, 4) is 0 Å². The molecular formula is C10H18ClN3O4. The number of hydrogen-bond donors (Lipinski definition) is 4. The van der Waals surface area contributed by atoms with Gasteiger partial charge in [0, 0.05) is 6.54 Å². The van der Waals surface area contributed by atoms with E-state index in [1.54, 1.807) is 0 Å². The molecule has 1 aliphatic rings. The molecule has 104 valence electrons. The predicted molar refractivity (Wildman–Crippen MR) is 68.0 cm³/mol. The van der Waals surface area contributed by atoms with E-state index in [-0.39, 0.29) is 24.3 Å². The minimum Gasteiger partial charge on any atom is -0.481 e. The van der Waals surface area contributed by atoms with Crippen molar-refractivity contribution in [3.63, 3.8) is 0 Å². The van der Waals surface area contributed by atoms with Crippen LogP contribution in [0.3, 0.4) is 0 Å². The third-order valence-electron chi connectivity index (χ3n) is 2.95. The molecule has 0 bridgehead atoms. The Labute approximate surface area is 111 Å². The van der Waals surface area contributed by atoms with Gasteiger partial charge in [-0.05, 0) is 31.6 Å². The molecule has 0 aromatic carbocycles. The molecule has 1 aliphatic carbocycles. The van der Waals surface area contributed by atoms with Gasteiger partial charge in [0.25, 0.3) is 0 Å². The molecule has 1 saturated carbocycles. The molecule has 0 heterocycles. The van der Waals surface area contributed by atoms with Crippen molar-refractivity contribution in [2.75, 3.05) is 6.54 Å². The van der Waals surface area contributed by atoms with Crippen molar-refractivity contribution >= 4 is 30.4 Å². The lowest BCUT2D eigenvalue weighted by atomic mass is 9.82. The molecule has 0 unspecified atom stereocenters. The highest BCUT2D eigenvalue weighted by molar-refractivity contribution is 5.91. The average Bonchev–Trinajstić information content (AvgIpc) is 2.26. The highest BCUT2D eigenvalue weighted by Gasteiger charge is 2.25. The van der Waals surface area contributed by atoms with Crippen LogP contribution in [0.15, 0.2) is 4.99 Å². The number of rotatable bonds is 3. The van der Waals surface area contributed by atoms with Crippen LogP contribution in [-0.2, 0) is 4.79 Å². The van der Waals surface area contributed by atoms with E-state index in [1.807, 2.05) is 5.32 Å². The summed E-state index contributed by atoms with van der Waals surface area (Å²) in [5, 5.41) is 19.2. The number of aliphatic carboxylic acids is 1. The van der Waals surface area contributed by atoms with Gasteiger partial charge in [0.1, 0.15) is 0 Å². The second kappa shape index (κ2) is 7.75. The second-order valence-corrected chi connectivity index (χ2v) is 4.21. The van der Waals surface area contributed by atoms with Gasteiger partial charge in [-0.2, -0.15) is 0 Å². The quantitative estimate of drug-likeness (QED) is 0.451. The summed E-state index contributed by atoms with van der Waals surface area (Å²) in [4.78, 5) is 24.9. The van der Waals surface area contributed by atoms with Crippen LogP contribution >= 0.6 is 12.4 Å². The van der Waals surface area contributed by atoms with E-state index in [0.29, 0.717) is 25.3 Å². The number of carboxylic acids is 1. The summed E-state index contributed by atoms with van der Waals surface area (Å²) in [6, 6.07) is 0. The van der Waals surface area contributed by atoms with Crippen LogP contribution in [-0.4, -0.2) is 34.8 Å². The Morgan fingerprint density at radius 1 is 1.22 bits per heavy atom. The molecule has 0 radical (unpaired) electrons. The number of carboxylic acid groups (broad SMARTS) is 2. The van der Waals surface area contributed by atoms with Gasteiger partial charge in [-0.25, -0.2) is 4.79 Å². The van der Waals surface area contributed by atoms with Crippen LogP contribution in [0, 0.1) is 11.8 Å². The SMILES string of the molecule is Cl.NC(=NCC1CCC(C(=O)O)CC1)NC(=O)O. The molecule has 1 amide bonds. The van der Waals surface area contributed by atoms with Gasteiger partial charge in [0.2, 0.25) is 0 Å². The lowest BCUT2D eigenvalue weighted by molar-refractivity contribution is -0.143. The molecule has 7 nitrogen and oxygen atoms in total. The molecule has 1 rings (SSSR count). The fraction of sp³-hybridized carbons (Fsp3) is 0.700.